The smallest absolute Gasteiger partial charge is 0.217 e. The highest BCUT2D eigenvalue weighted by Crippen LogP contribution is 2.22. The number of nitrogens with zero attached hydrogens (tertiary/aromatic N) is 1. The molecular weight excluding hydrogens is 226 g/mol. The third kappa shape index (κ3) is 2.76. The maximum Gasteiger partial charge on any atom is 0.217 e. The van der Waals surface area contributed by atoms with Crippen LogP contribution >= 0.6 is 0 Å². The molecular formula is C11H21NO3S. The van der Waals surface area contributed by atoms with Crippen LogP contribution in [0.15, 0.2) is 0 Å². The Kier molecular flexibility index (Phi) is 4.21. The van der Waals surface area contributed by atoms with Crippen LogP contribution in [-0.2, 0) is 14.8 Å². The average Bonchev–Trinajstić information content (AvgIpc) is 2.59. The Morgan fingerprint density at radius 1 is 0.938 bits per heavy atom. The second-order valence-electron chi connectivity index (χ2n) is 4.67. The third-order valence-electron chi connectivity index (χ3n) is 3.51. The first-order valence-corrected chi connectivity index (χ1v) is 7.78. The lowest BCUT2D eigenvalue weighted by Crippen LogP contribution is -2.41. The van der Waals surface area contributed by atoms with Gasteiger partial charge in [-0.1, -0.05) is 12.8 Å². The lowest BCUT2D eigenvalue weighted by Gasteiger charge is -2.28. The molecule has 0 aromatic rings. The molecule has 0 spiro atoms. The van der Waals surface area contributed by atoms with E-state index in [1.54, 1.807) is 4.31 Å². The van der Waals surface area contributed by atoms with Gasteiger partial charge < -0.3 is 4.74 Å². The first-order chi connectivity index (χ1) is 7.71. The van der Waals surface area contributed by atoms with Gasteiger partial charge in [0.2, 0.25) is 10.0 Å². The standard InChI is InChI=1S/C11H21NO3S/c13-16(14,11-5-9-15-10-6-11)12-7-3-1-2-4-8-12/h11H,1-10H2. The van der Waals surface area contributed by atoms with E-state index < -0.39 is 10.0 Å². The van der Waals surface area contributed by atoms with Crippen LogP contribution in [-0.4, -0.2) is 44.3 Å². The molecule has 2 saturated heterocycles. The molecule has 2 fully saturated rings. The van der Waals surface area contributed by atoms with Crippen molar-refractivity contribution in [1.29, 1.82) is 0 Å². The number of hydrogen-bond acceptors (Lipinski definition) is 3. The molecule has 16 heavy (non-hydrogen) atoms. The van der Waals surface area contributed by atoms with Crippen LogP contribution in [0.2, 0.25) is 0 Å². The zero-order valence-corrected chi connectivity index (χ0v) is 10.5. The molecule has 0 unspecified atom stereocenters. The zero-order chi connectivity index (χ0) is 11.4. The zero-order valence-electron chi connectivity index (χ0n) is 9.73. The molecule has 0 aromatic carbocycles. The van der Waals surface area contributed by atoms with Crippen LogP contribution in [0.5, 0.6) is 0 Å². The van der Waals surface area contributed by atoms with Gasteiger partial charge in [-0.15, -0.1) is 0 Å². The van der Waals surface area contributed by atoms with E-state index in [0.717, 1.165) is 25.9 Å². The van der Waals surface area contributed by atoms with Crippen LogP contribution in [0.4, 0.5) is 0 Å². The van der Waals surface area contributed by atoms with Crippen molar-refractivity contribution >= 4 is 10.0 Å². The second kappa shape index (κ2) is 5.47. The summed E-state index contributed by atoms with van der Waals surface area (Å²) in [6.07, 6.45) is 5.70. The first kappa shape index (κ1) is 12.3. The van der Waals surface area contributed by atoms with E-state index in [2.05, 4.69) is 0 Å². The van der Waals surface area contributed by atoms with Gasteiger partial charge in [0.1, 0.15) is 0 Å². The van der Waals surface area contributed by atoms with Crippen molar-refractivity contribution in [3.63, 3.8) is 0 Å². The Morgan fingerprint density at radius 3 is 2.06 bits per heavy atom. The summed E-state index contributed by atoms with van der Waals surface area (Å²) in [6, 6.07) is 0. The molecule has 0 saturated carbocycles. The molecule has 0 N–H and O–H groups in total. The molecule has 2 aliphatic rings. The Hall–Kier alpha value is -0.130. The predicted molar refractivity (Wildman–Crippen MR) is 62.8 cm³/mol. The molecule has 2 rings (SSSR count). The molecule has 0 bridgehead atoms. The average molecular weight is 247 g/mol. The molecule has 4 nitrogen and oxygen atoms in total. The molecule has 94 valence electrons. The summed E-state index contributed by atoms with van der Waals surface area (Å²) < 4.78 is 31.7. The number of hydrogen-bond donors (Lipinski definition) is 0. The van der Waals surface area contributed by atoms with Gasteiger partial charge >= 0.3 is 0 Å². The Bertz CT molecular complexity index is 301. The van der Waals surface area contributed by atoms with Crippen molar-refractivity contribution in [3.05, 3.63) is 0 Å². The SMILES string of the molecule is O=S(=O)(C1CCOCC1)N1CCCCCC1. The van der Waals surface area contributed by atoms with Crippen molar-refractivity contribution in [3.8, 4) is 0 Å². The highest BCUT2D eigenvalue weighted by molar-refractivity contribution is 7.89. The summed E-state index contributed by atoms with van der Waals surface area (Å²) in [6.45, 7) is 2.63. The van der Waals surface area contributed by atoms with E-state index in [1.807, 2.05) is 0 Å². The van der Waals surface area contributed by atoms with E-state index in [4.69, 9.17) is 4.74 Å². The van der Waals surface area contributed by atoms with Gasteiger partial charge in [-0.25, -0.2) is 12.7 Å². The van der Waals surface area contributed by atoms with Crippen molar-refractivity contribution in [2.75, 3.05) is 26.3 Å². The lowest BCUT2D eigenvalue weighted by atomic mass is 10.2. The van der Waals surface area contributed by atoms with Crippen LogP contribution in [0.25, 0.3) is 0 Å². The fourth-order valence-electron chi connectivity index (χ4n) is 2.48. The summed E-state index contributed by atoms with van der Waals surface area (Å²) in [5.74, 6) is 0. The van der Waals surface area contributed by atoms with Gasteiger partial charge in [-0.2, -0.15) is 0 Å². The minimum Gasteiger partial charge on any atom is -0.381 e. The Labute approximate surface area is 98.0 Å². The molecule has 2 aliphatic heterocycles. The lowest BCUT2D eigenvalue weighted by molar-refractivity contribution is 0.0972. The summed E-state index contributed by atoms with van der Waals surface area (Å²) in [7, 11) is -3.06. The minimum absolute atomic E-state index is 0.195. The van der Waals surface area contributed by atoms with Crippen LogP contribution < -0.4 is 0 Å². The van der Waals surface area contributed by atoms with Crippen molar-refractivity contribution in [2.45, 2.75) is 43.8 Å². The number of rotatable bonds is 2. The first-order valence-electron chi connectivity index (χ1n) is 6.28. The normalized spacial score (nSPS) is 26.5. The van der Waals surface area contributed by atoms with Gasteiger partial charge in [0, 0.05) is 26.3 Å². The summed E-state index contributed by atoms with van der Waals surface area (Å²) >= 11 is 0. The quantitative estimate of drug-likeness (QED) is 0.740. The van der Waals surface area contributed by atoms with Gasteiger partial charge in [-0.05, 0) is 25.7 Å². The summed E-state index contributed by atoms with van der Waals surface area (Å²) in [5, 5.41) is -0.195. The van der Waals surface area contributed by atoms with E-state index in [9.17, 15) is 8.42 Å². The van der Waals surface area contributed by atoms with Crippen molar-refractivity contribution in [2.24, 2.45) is 0 Å². The molecule has 5 heteroatoms. The largest absolute Gasteiger partial charge is 0.381 e. The highest BCUT2D eigenvalue weighted by atomic mass is 32.2. The summed E-state index contributed by atoms with van der Waals surface area (Å²) in [5.41, 5.74) is 0. The van der Waals surface area contributed by atoms with Gasteiger partial charge in [0.25, 0.3) is 0 Å². The fourth-order valence-corrected chi connectivity index (χ4v) is 4.46. The van der Waals surface area contributed by atoms with E-state index >= 15 is 0 Å². The molecule has 2 heterocycles. The van der Waals surface area contributed by atoms with Gasteiger partial charge in [0.05, 0.1) is 5.25 Å². The van der Waals surface area contributed by atoms with Crippen LogP contribution in [0.3, 0.4) is 0 Å². The Morgan fingerprint density at radius 2 is 1.50 bits per heavy atom. The molecule has 0 atom stereocenters. The van der Waals surface area contributed by atoms with E-state index in [1.165, 1.54) is 12.8 Å². The van der Waals surface area contributed by atoms with Crippen LogP contribution in [0.1, 0.15) is 38.5 Å². The maximum atomic E-state index is 12.4. The predicted octanol–water partition coefficient (Wildman–Crippen LogP) is 1.37. The highest BCUT2D eigenvalue weighted by Gasteiger charge is 2.33. The number of ether oxygens (including phenoxy) is 1. The monoisotopic (exact) mass is 247 g/mol. The Balaban J connectivity index is 2.03. The summed E-state index contributed by atoms with van der Waals surface area (Å²) in [4.78, 5) is 0. The van der Waals surface area contributed by atoms with E-state index in [0.29, 0.717) is 26.1 Å². The van der Waals surface area contributed by atoms with Crippen molar-refractivity contribution < 1.29 is 13.2 Å². The van der Waals surface area contributed by atoms with Gasteiger partial charge in [0.15, 0.2) is 0 Å². The fraction of sp³-hybridized carbons (Fsp3) is 1.00. The minimum atomic E-state index is -3.06. The molecule has 0 amide bonds. The number of sulfonamides is 1. The van der Waals surface area contributed by atoms with E-state index in [-0.39, 0.29) is 5.25 Å². The third-order valence-corrected chi connectivity index (χ3v) is 5.91. The van der Waals surface area contributed by atoms with Gasteiger partial charge in [-0.3, -0.25) is 0 Å². The molecule has 0 aromatic heterocycles. The van der Waals surface area contributed by atoms with Crippen LogP contribution in [0, 0.1) is 0 Å². The maximum absolute atomic E-state index is 12.4. The molecule has 0 aliphatic carbocycles. The topological polar surface area (TPSA) is 46.6 Å². The van der Waals surface area contributed by atoms with Crippen molar-refractivity contribution in [1.82, 2.24) is 4.31 Å². The second-order valence-corrected chi connectivity index (χ2v) is 6.88. The molecule has 0 radical (unpaired) electrons.